The lowest BCUT2D eigenvalue weighted by Gasteiger charge is -2.17. The predicted octanol–water partition coefficient (Wildman–Crippen LogP) is 1.47. The van der Waals surface area contributed by atoms with Gasteiger partial charge in [0.15, 0.2) is 0 Å². The Morgan fingerprint density at radius 2 is 1.85 bits per heavy atom. The molecular weight excluding hydrogens is 276 g/mol. The van der Waals surface area contributed by atoms with E-state index in [0.29, 0.717) is 13.0 Å². The molecule has 0 radical (unpaired) electrons. The summed E-state index contributed by atoms with van der Waals surface area (Å²) in [6.07, 6.45) is 3.92. The molecule has 6 heteroatoms. The quantitative estimate of drug-likeness (QED) is 0.399. The van der Waals surface area contributed by atoms with Gasteiger partial charge in [-0.2, -0.15) is 12.6 Å². The predicted molar refractivity (Wildman–Crippen MR) is 82.9 cm³/mol. The SMILES string of the molecule is CCCNC(=O)[C@H](CC(C)=O)NC(=O)CCCCCS. The fourth-order valence-corrected chi connectivity index (χ4v) is 1.93. The number of unbranched alkanes of at least 4 members (excludes halogenated alkanes) is 2. The summed E-state index contributed by atoms with van der Waals surface area (Å²) in [5, 5.41) is 5.35. The van der Waals surface area contributed by atoms with Gasteiger partial charge in [0.1, 0.15) is 11.8 Å². The van der Waals surface area contributed by atoms with Crippen molar-refractivity contribution >= 4 is 30.2 Å². The molecule has 0 aromatic carbocycles. The molecule has 116 valence electrons. The van der Waals surface area contributed by atoms with E-state index in [4.69, 9.17) is 0 Å². The maximum absolute atomic E-state index is 11.9. The van der Waals surface area contributed by atoms with E-state index in [0.717, 1.165) is 31.4 Å². The van der Waals surface area contributed by atoms with E-state index in [2.05, 4.69) is 23.3 Å². The molecule has 5 nitrogen and oxygen atoms in total. The lowest BCUT2D eigenvalue weighted by atomic mass is 10.1. The van der Waals surface area contributed by atoms with Gasteiger partial charge in [-0.15, -0.1) is 0 Å². The zero-order chi connectivity index (χ0) is 15.4. The molecule has 20 heavy (non-hydrogen) atoms. The van der Waals surface area contributed by atoms with Gasteiger partial charge in [-0.05, 0) is 31.9 Å². The topological polar surface area (TPSA) is 75.3 Å². The molecule has 2 amide bonds. The van der Waals surface area contributed by atoms with Gasteiger partial charge in [-0.1, -0.05) is 13.3 Å². The number of Topliss-reactive ketones (excluding diaryl/α,β-unsaturated/α-hetero) is 1. The first-order valence-electron chi connectivity index (χ1n) is 7.18. The van der Waals surface area contributed by atoms with Crippen LogP contribution in [0, 0.1) is 0 Å². The monoisotopic (exact) mass is 302 g/mol. The van der Waals surface area contributed by atoms with Crippen molar-refractivity contribution in [3.63, 3.8) is 0 Å². The Morgan fingerprint density at radius 3 is 2.40 bits per heavy atom. The number of amides is 2. The lowest BCUT2D eigenvalue weighted by molar-refractivity contribution is -0.131. The van der Waals surface area contributed by atoms with Crippen LogP contribution in [0.2, 0.25) is 0 Å². The number of ketones is 1. The Labute approximate surface area is 126 Å². The summed E-state index contributed by atoms with van der Waals surface area (Å²) >= 11 is 4.11. The first kappa shape index (κ1) is 19.0. The van der Waals surface area contributed by atoms with Crippen LogP contribution in [-0.4, -0.2) is 35.9 Å². The summed E-state index contributed by atoms with van der Waals surface area (Å²) in [5.74, 6) is 0.235. The van der Waals surface area contributed by atoms with Crippen molar-refractivity contribution in [2.45, 2.75) is 58.4 Å². The third-order valence-corrected chi connectivity index (χ3v) is 3.07. The van der Waals surface area contributed by atoms with Gasteiger partial charge in [-0.25, -0.2) is 0 Å². The molecule has 0 aliphatic heterocycles. The highest BCUT2D eigenvalue weighted by atomic mass is 32.1. The lowest BCUT2D eigenvalue weighted by Crippen LogP contribution is -2.47. The minimum atomic E-state index is -0.753. The van der Waals surface area contributed by atoms with Gasteiger partial charge >= 0.3 is 0 Å². The molecule has 0 rings (SSSR count). The van der Waals surface area contributed by atoms with Crippen LogP contribution >= 0.6 is 12.6 Å². The van der Waals surface area contributed by atoms with E-state index in [9.17, 15) is 14.4 Å². The average Bonchev–Trinajstić information content (AvgIpc) is 2.39. The van der Waals surface area contributed by atoms with E-state index in [1.54, 1.807) is 0 Å². The van der Waals surface area contributed by atoms with Gasteiger partial charge in [-0.3, -0.25) is 14.4 Å². The van der Waals surface area contributed by atoms with Crippen molar-refractivity contribution in [1.82, 2.24) is 10.6 Å². The molecule has 0 aliphatic rings. The minimum Gasteiger partial charge on any atom is -0.354 e. The zero-order valence-corrected chi connectivity index (χ0v) is 13.3. The zero-order valence-electron chi connectivity index (χ0n) is 12.4. The summed E-state index contributed by atoms with van der Waals surface area (Å²) in [6.45, 7) is 3.91. The molecule has 0 fully saturated rings. The normalized spacial score (nSPS) is 11.8. The van der Waals surface area contributed by atoms with Crippen LogP contribution in [0.5, 0.6) is 0 Å². The largest absolute Gasteiger partial charge is 0.354 e. The minimum absolute atomic E-state index is 0.0396. The second-order valence-electron chi connectivity index (χ2n) is 4.85. The Morgan fingerprint density at radius 1 is 1.15 bits per heavy atom. The van der Waals surface area contributed by atoms with Crippen molar-refractivity contribution in [2.24, 2.45) is 0 Å². The smallest absolute Gasteiger partial charge is 0.243 e. The number of nitrogens with one attached hydrogen (secondary N) is 2. The third kappa shape index (κ3) is 9.83. The molecule has 0 aromatic rings. The van der Waals surface area contributed by atoms with E-state index in [1.807, 2.05) is 6.92 Å². The second kappa shape index (κ2) is 11.8. The van der Waals surface area contributed by atoms with Crippen LogP contribution in [-0.2, 0) is 14.4 Å². The highest BCUT2D eigenvalue weighted by Gasteiger charge is 2.21. The maximum Gasteiger partial charge on any atom is 0.243 e. The molecule has 0 aromatic heterocycles. The molecule has 0 saturated carbocycles. The van der Waals surface area contributed by atoms with Gasteiger partial charge in [0.2, 0.25) is 11.8 Å². The summed E-state index contributed by atoms with van der Waals surface area (Å²) in [7, 11) is 0. The molecule has 0 spiro atoms. The van der Waals surface area contributed by atoms with E-state index in [-0.39, 0.29) is 24.0 Å². The van der Waals surface area contributed by atoms with Gasteiger partial charge in [0.25, 0.3) is 0 Å². The molecule has 1 atom stereocenters. The van der Waals surface area contributed by atoms with E-state index in [1.165, 1.54) is 6.92 Å². The van der Waals surface area contributed by atoms with Crippen LogP contribution in [0.3, 0.4) is 0 Å². The number of rotatable bonds is 11. The van der Waals surface area contributed by atoms with Crippen molar-refractivity contribution in [2.75, 3.05) is 12.3 Å². The van der Waals surface area contributed by atoms with Crippen LogP contribution < -0.4 is 10.6 Å². The molecule has 0 bridgehead atoms. The fourth-order valence-electron chi connectivity index (χ4n) is 1.71. The molecule has 0 heterocycles. The molecular formula is C14H26N2O3S. The molecule has 2 N–H and O–H groups in total. The number of carbonyl (C=O) groups is 3. The van der Waals surface area contributed by atoms with Crippen molar-refractivity contribution in [3.05, 3.63) is 0 Å². The van der Waals surface area contributed by atoms with Crippen LogP contribution in [0.4, 0.5) is 0 Å². The summed E-state index contributed by atoms with van der Waals surface area (Å²) in [6, 6.07) is -0.753. The molecule has 0 saturated heterocycles. The number of hydrogen-bond donors (Lipinski definition) is 3. The number of carbonyl (C=O) groups excluding carboxylic acids is 3. The van der Waals surface area contributed by atoms with Crippen LogP contribution in [0.15, 0.2) is 0 Å². The van der Waals surface area contributed by atoms with E-state index < -0.39 is 6.04 Å². The van der Waals surface area contributed by atoms with Crippen LogP contribution in [0.25, 0.3) is 0 Å². The summed E-state index contributed by atoms with van der Waals surface area (Å²) < 4.78 is 0. The first-order chi connectivity index (χ1) is 9.51. The van der Waals surface area contributed by atoms with Gasteiger partial charge < -0.3 is 10.6 Å². The second-order valence-corrected chi connectivity index (χ2v) is 5.30. The standard InChI is InChI=1S/C14H26N2O3S/c1-3-8-15-14(19)12(10-11(2)17)16-13(18)7-5-4-6-9-20/h12,20H,3-10H2,1-2H3,(H,15,19)(H,16,18)/t12-/m0/s1. The van der Waals surface area contributed by atoms with E-state index >= 15 is 0 Å². The highest BCUT2D eigenvalue weighted by Crippen LogP contribution is 2.02. The van der Waals surface area contributed by atoms with Crippen LogP contribution in [0.1, 0.15) is 52.4 Å². The van der Waals surface area contributed by atoms with Crippen molar-refractivity contribution in [3.8, 4) is 0 Å². The van der Waals surface area contributed by atoms with Gasteiger partial charge in [0, 0.05) is 19.4 Å². The third-order valence-electron chi connectivity index (χ3n) is 2.75. The van der Waals surface area contributed by atoms with Crippen molar-refractivity contribution in [1.29, 1.82) is 0 Å². The number of thiol groups is 1. The first-order valence-corrected chi connectivity index (χ1v) is 7.81. The average molecular weight is 302 g/mol. The maximum atomic E-state index is 11.9. The summed E-state index contributed by atoms with van der Waals surface area (Å²) in [5.41, 5.74) is 0. The molecule has 0 unspecified atom stereocenters. The Hall–Kier alpha value is -1.04. The summed E-state index contributed by atoms with van der Waals surface area (Å²) in [4.78, 5) is 34.8. The van der Waals surface area contributed by atoms with Gasteiger partial charge in [0.05, 0.1) is 0 Å². The molecule has 0 aliphatic carbocycles. The Bertz CT molecular complexity index is 322. The highest BCUT2D eigenvalue weighted by molar-refractivity contribution is 7.80. The Kier molecular flexibility index (Phi) is 11.1. The Balaban J connectivity index is 4.23. The van der Waals surface area contributed by atoms with Crippen molar-refractivity contribution < 1.29 is 14.4 Å². The number of hydrogen-bond acceptors (Lipinski definition) is 4. The fraction of sp³-hybridized carbons (Fsp3) is 0.786.